The van der Waals surface area contributed by atoms with E-state index in [-0.39, 0.29) is 12.5 Å². The first-order chi connectivity index (χ1) is 7.61. The number of hydrogen-bond acceptors (Lipinski definition) is 3. The van der Waals surface area contributed by atoms with Crippen LogP contribution >= 0.6 is 0 Å². The Kier molecular flexibility index (Phi) is 9.24. The Balaban J connectivity index is 3.57. The Morgan fingerprint density at radius 3 is 2.56 bits per heavy atom. The number of aliphatic hydroxyl groups excluding tert-OH is 1. The largest absolute Gasteiger partial charge is 0.396 e. The van der Waals surface area contributed by atoms with Crippen LogP contribution in [0.25, 0.3) is 0 Å². The fourth-order valence-corrected chi connectivity index (χ4v) is 1.66. The summed E-state index contributed by atoms with van der Waals surface area (Å²) in [5.74, 6) is 0.686. The standard InChI is InChI=1S/C12H26N2O2/c1-4-5-11(7-9-15)10-13-8-6-12(16)14(2)3/h11,13,15H,4-10H2,1-3H3. The van der Waals surface area contributed by atoms with Crippen LogP contribution in [0.2, 0.25) is 0 Å². The van der Waals surface area contributed by atoms with Crippen molar-refractivity contribution >= 4 is 5.91 Å². The molecule has 1 unspecified atom stereocenters. The molecule has 0 aliphatic carbocycles. The van der Waals surface area contributed by atoms with Crippen molar-refractivity contribution < 1.29 is 9.90 Å². The molecule has 16 heavy (non-hydrogen) atoms. The average molecular weight is 230 g/mol. The number of rotatable bonds is 9. The van der Waals surface area contributed by atoms with Crippen LogP contribution < -0.4 is 5.32 Å². The van der Waals surface area contributed by atoms with Crippen LogP contribution in [0, 0.1) is 5.92 Å². The van der Waals surface area contributed by atoms with E-state index in [1.807, 2.05) is 0 Å². The molecule has 0 aliphatic heterocycles. The van der Waals surface area contributed by atoms with Gasteiger partial charge in [0, 0.05) is 33.7 Å². The monoisotopic (exact) mass is 230 g/mol. The fourth-order valence-electron chi connectivity index (χ4n) is 1.66. The van der Waals surface area contributed by atoms with Crippen molar-refractivity contribution in [1.82, 2.24) is 10.2 Å². The van der Waals surface area contributed by atoms with Crippen LogP contribution in [0.15, 0.2) is 0 Å². The van der Waals surface area contributed by atoms with Gasteiger partial charge in [0.1, 0.15) is 0 Å². The summed E-state index contributed by atoms with van der Waals surface area (Å²) < 4.78 is 0. The molecule has 0 rings (SSSR count). The third-order valence-corrected chi connectivity index (χ3v) is 2.68. The quantitative estimate of drug-likeness (QED) is 0.577. The van der Waals surface area contributed by atoms with Crippen molar-refractivity contribution in [3.63, 3.8) is 0 Å². The molecule has 0 aromatic heterocycles. The molecule has 0 bridgehead atoms. The second-order valence-corrected chi connectivity index (χ2v) is 4.41. The minimum absolute atomic E-state index is 0.154. The molecule has 0 radical (unpaired) electrons. The summed E-state index contributed by atoms with van der Waals surface area (Å²) in [4.78, 5) is 12.9. The van der Waals surface area contributed by atoms with E-state index in [1.54, 1.807) is 19.0 Å². The fraction of sp³-hybridized carbons (Fsp3) is 0.917. The first kappa shape index (κ1) is 15.4. The van der Waals surface area contributed by atoms with Gasteiger partial charge in [-0.25, -0.2) is 0 Å². The summed E-state index contributed by atoms with van der Waals surface area (Å²) in [7, 11) is 3.54. The summed E-state index contributed by atoms with van der Waals surface area (Å²) in [6.07, 6.45) is 3.67. The van der Waals surface area contributed by atoms with E-state index in [1.165, 1.54) is 0 Å². The predicted octanol–water partition coefficient (Wildman–Crippen LogP) is 0.853. The van der Waals surface area contributed by atoms with Crippen LogP contribution in [0.3, 0.4) is 0 Å². The summed E-state index contributed by atoms with van der Waals surface area (Å²) in [6.45, 7) is 4.03. The van der Waals surface area contributed by atoms with E-state index in [0.29, 0.717) is 12.3 Å². The number of carbonyl (C=O) groups excluding carboxylic acids is 1. The molecule has 0 fully saturated rings. The zero-order valence-corrected chi connectivity index (χ0v) is 10.8. The highest BCUT2D eigenvalue weighted by molar-refractivity contribution is 5.75. The van der Waals surface area contributed by atoms with Crippen LogP contribution in [0.1, 0.15) is 32.6 Å². The maximum atomic E-state index is 11.3. The van der Waals surface area contributed by atoms with Gasteiger partial charge in [0.15, 0.2) is 0 Å². The molecule has 2 N–H and O–H groups in total. The van der Waals surface area contributed by atoms with Gasteiger partial charge in [0.2, 0.25) is 5.91 Å². The average Bonchev–Trinajstić information content (AvgIpc) is 2.24. The first-order valence-electron chi connectivity index (χ1n) is 6.13. The van der Waals surface area contributed by atoms with Crippen molar-refractivity contribution in [2.24, 2.45) is 5.92 Å². The third-order valence-electron chi connectivity index (χ3n) is 2.68. The summed E-state index contributed by atoms with van der Waals surface area (Å²) in [5, 5.41) is 12.2. The van der Waals surface area contributed by atoms with Gasteiger partial charge in [0.05, 0.1) is 0 Å². The minimum Gasteiger partial charge on any atom is -0.396 e. The molecular formula is C12H26N2O2. The molecule has 0 aromatic carbocycles. The van der Waals surface area contributed by atoms with E-state index in [2.05, 4.69) is 12.2 Å². The van der Waals surface area contributed by atoms with Crippen LogP contribution in [0.5, 0.6) is 0 Å². The van der Waals surface area contributed by atoms with Crippen LogP contribution in [-0.2, 0) is 4.79 Å². The number of hydrogen-bond donors (Lipinski definition) is 2. The zero-order chi connectivity index (χ0) is 12.4. The van der Waals surface area contributed by atoms with Gasteiger partial charge in [-0.1, -0.05) is 13.3 Å². The Morgan fingerprint density at radius 2 is 2.06 bits per heavy atom. The molecule has 4 heteroatoms. The molecule has 0 saturated carbocycles. The molecule has 0 spiro atoms. The molecule has 4 nitrogen and oxygen atoms in total. The van der Waals surface area contributed by atoms with Crippen molar-refractivity contribution in [2.45, 2.75) is 32.6 Å². The summed E-state index contributed by atoms with van der Waals surface area (Å²) >= 11 is 0. The number of nitrogens with zero attached hydrogens (tertiary/aromatic N) is 1. The maximum Gasteiger partial charge on any atom is 0.223 e. The predicted molar refractivity (Wildman–Crippen MR) is 66.3 cm³/mol. The number of aliphatic hydroxyl groups is 1. The summed E-state index contributed by atoms with van der Waals surface area (Å²) in [6, 6.07) is 0. The Hall–Kier alpha value is -0.610. The van der Waals surface area contributed by atoms with Gasteiger partial charge in [-0.05, 0) is 25.3 Å². The van der Waals surface area contributed by atoms with E-state index in [0.717, 1.165) is 32.4 Å². The highest BCUT2D eigenvalue weighted by Gasteiger charge is 2.07. The lowest BCUT2D eigenvalue weighted by Gasteiger charge is -2.16. The second kappa shape index (κ2) is 9.60. The zero-order valence-electron chi connectivity index (χ0n) is 10.8. The smallest absolute Gasteiger partial charge is 0.223 e. The molecule has 0 heterocycles. The highest BCUT2D eigenvalue weighted by Crippen LogP contribution is 2.09. The van der Waals surface area contributed by atoms with Gasteiger partial charge in [-0.3, -0.25) is 4.79 Å². The van der Waals surface area contributed by atoms with Crippen molar-refractivity contribution in [2.75, 3.05) is 33.8 Å². The van der Waals surface area contributed by atoms with Crippen LogP contribution in [0.4, 0.5) is 0 Å². The van der Waals surface area contributed by atoms with Gasteiger partial charge >= 0.3 is 0 Å². The summed E-state index contributed by atoms with van der Waals surface area (Å²) in [5.41, 5.74) is 0. The van der Waals surface area contributed by atoms with E-state index in [4.69, 9.17) is 5.11 Å². The van der Waals surface area contributed by atoms with Crippen molar-refractivity contribution in [3.05, 3.63) is 0 Å². The maximum absolute atomic E-state index is 11.3. The second-order valence-electron chi connectivity index (χ2n) is 4.41. The highest BCUT2D eigenvalue weighted by atomic mass is 16.3. The molecule has 1 amide bonds. The molecule has 1 atom stereocenters. The Labute approximate surface area is 99.0 Å². The number of amides is 1. The van der Waals surface area contributed by atoms with Crippen molar-refractivity contribution in [1.29, 1.82) is 0 Å². The third kappa shape index (κ3) is 7.65. The normalized spacial score (nSPS) is 12.5. The van der Waals surface area contributed by atoms with Crippen LogP contribution in [-0.4, -0.2) is 49.7 Å². The molecule has 0 saturated heterocycles. The van der Waals surface area contributed by atoms with E-state index >= 15 is 0 Å². The molecule has 0 aliphatic rings. The first-order valence-corrected chi connectivity index (χ1v) is 6.13. The number of carbonyl (C=O) groups is 1. The van der Waals surface area contributed by atoms with E-state index < -0.39 is 0 Å². The Morgan fingerprint density at radius 1 is 1.38 bits per heavy atom. The lowest BCUT2D eigenvalue weighted by Crippen LogP contribution is -2.29. The lowest BCUT2D eigenvalue weighted by atomic mass is 10.0. The molecular weight excluding hydrogens is 204 g/mol. The van der Waals surface area contributed by atoms with E-state index in [9.17, 15) is 4.79 Å². The van der Waals surface area contributed by atoms with Gasteiger partial charge < -0.3 is 15.3 Å². The lowest BCUT2D eigenvalue weighted by molar-refractivity contribution is -0.128. The number of nitrogens with one attached hydrogen (secondary N) is 1. The van der Waals surface area contributed by atoms with Crippen molar-refractivity contribution in [3.8, 4) is 0 Å². The van der Waals surface area contributed by atoms with Gasteiger partial charge in [-0.2, -0.15) is 0 Å². The minimum atomic E-state index is 0.154. The van der Waals surface area contributed by atoms with Gasteiger partial charge in [0.25, 0.3) is 0 Å². The molecule has 96 valence electrons. The van der Waals surface area contributed by atoms with Gasteiger partial charge in [-0.15, -0.1) is 0 Å². The SMILES string of the molecule is CCCC(CCO)CNCCC(=O)N(C)C. The molecule has 0 aromatic rings. The topological polar surface area (TPSA) is 52.6 Å². The Bertz CT molecular complexity index is 178.